The van der Waals surface area contributed by atoms with Crippen molar-refractivity contribution < 1.29 is 28.6 Å². The van der Waals surface area contributed by atoms with Crippen molar-refractivity contribution in [3.63, 3.8) is 0 Å². The molecule has 4 atom stereocenters. The minimum atomic E-state index is -0.581. The zero-order valence-corrected chi connectivity index (χ0v) is 28.4. The molecule has 260 valence electrons. The van der Waals surface area contributed by atoms with E-state index in [1.807, 2.05) is 152 Å². The van der Waals surface area contributed by atoms with E-state index >= 15 is 0 Å². The second kappa shape index (κ2) is 17.8. The SMILES string of the molecule is O=CC[C@@H](C[C@@H]1CN(C(=O)OCc2ccccc2)[C@H](c2ccccc2)[C@H](c2ccccc2)O1)N(Cc1ccccc1)C(=O)OCc1ccccc1. The monoisotopic (exact) mass is 682 g/mol. The van der Waals surface area contributed by atoms with Crippen molar-refractivity contribution >= 4 is 18.5 Å². The number of hydrogen-bond acceptors (Lipinski definition) is 6. The number of rotatable bonds is 13. The van der Waals surface area contributed by atoms with Crippen LogP contribution in [0.1, 0.15) is 52.8 Å². The van der Waals surface area contributed by atoms with Gasteiger partial charge in [-0.05, 0) is 34.2 Å². The molecule has 0 bridgehead atoms. The summed E-state index contributed by atoms with van der Waals surface area (Å²) in [6, 6.07) is 47.2. The summed E-state index contributed by atoms with van der Waals surface area (Å²) in [6.07, 6.45) is -0.957. The number of aldehydes is 1. The highest BCUT2D eigenvalue weighted by Crippen LogP contribution is 2.43. The van der Waals surface area contributed by atoms with Crippen molar-refractivity contribution in [2.45, 2.75) is 56.9 Å². The zero-order chi connectivity index (χ0) is 35.3. The average Bonchev–Trinajstić information content (AvgIpc) is 3.19. The second-order valence-corrected chi connectivity index (χ2v) is 12.6. The Bertz CT molecular complexity index is 1810. The van der Waals surface area contributed by atoms with Crippen LogP contribution < -0.4 is 0 Å². The van der Waals surface area contributed by atoms with E-state index in [1.54, 1.807) is 9.80 Å². The lowest BCUT2D eigenvalue weighted by atomic mass is 9.91. The Labute approximate surface area is 299 Å². The van der Waals surface area contributed by atoms with Gasteiger partial charge in [-0.15, -0.1) is 0 Å². The van der Waals surface area contributed by atoms with Gasteiger partial charge in [0.05, 0.1) is 18.7 Å². The lowest BCUT2D eigenvalue weighted by molar-refractivity contribution is -0.127. The first-order valence-corrected chi connectivity index (χ1v) is 17.3. The number of benzene rings is 5. The maximum absolute atomic E-state index is 14.1. The van der Waals surface area contributed by atoms with E-state index in [0.717, 1.165) is 34.1 Å². The molecule has 1 aliphatic heterocycles. The van der Waals surface area contributed by atoms with E-state index in [2.05, 4.69) is 0 Å². The molecule has 51 heavy (non-hydrogen) atoms. The van der Waals surface area contributed by atoms with Crippen LogP contribution in [0.15, 0.2) is 152 Å². The molecule has 0 aromatic heterocycles. The quantitative estimate of drug-likeness (QED) is 0.116. The molecule has 0 unspecified atom stereocenters. The van der Waals surface area contributed by atoms with Gasteiger partial charge in [0.15, 0.2) is 0 Å². The lowest BCUT2D eigenvalue weighted by Crippen LogP contribution is -2.51. The largest absolute Gasteiger partial charge is 0.445 e. The Morgan fingerprint density at radius 2 is 1.18 bits per heavy atom. The fourth-order valence-electron chi connectivity index (χ4n) is 6.54. The predicted octanol–water partition coefficient (Wildman–Crippen LogP) is 8.69. The van der Waals surface area contributed by atoms with Gasteiger partial charge in [0.2, 0.25) is 0 Å². The van der Waals surface area contributed by atoms with Crippen molar-refractivity contribution in [3.05, 3.63) is 179 Å². The topological polar surface area (TPSA) is 85.4 Å². The van der Waals surface area contributed by atoms with Crippen LogP contribution in [0.25, 0.3) is 0 Å². The Kier molecular flexibility index (Phi) is 12.2. The number of morpholine rings is 1. The van der Waals surface area contributed by atoms with Gasteiger partial charge in [-0.2, -0.15) is 0 Å². The first-order chi connectivity index (χ1) is 25.1. The first kappa shape index (κ1) is 35.1. The van der Waals surface area contributed by atoms with Crippen LogP contribution >= 0.6 is 0 Å². The number of amides is 2. The van der Waals surface area contributed by atoms with Gasteiger partial charge in [-0.3, -0.25) is 4.90 Å². The molecule has 5 aromatic rings. The molecule has 8 heteroatoms. The number of hydrogen-bond donors (Lipinski definition) is 0. The third-order valence-electron chi connectivity index (χ3n) is 9.05. The van der Waals surface area contributed by atoms with Gasteiger partial charge in [0, 0.05) is 19.0 Å². The molecule has 0 radical (unpaired) electrons. The highest BCUT2D eigenvalue weighted by Gasteiger charge is 2.43. The first-order valence-electron chi connectivity index (χ1n) is 17.3. The Balaban J connectivity index is 1.31. The summed E-state index contributed by atoms with van der Waals surface area (Å²) in [5, 5.41) is 0. The van der Waals surface area contributed by atoms with Crippen LogP contribution in [-0.2, 0) is 38.8 Å². The van der Waals surface area contributed by atoms with E-state index in [1.165, 1.54) is 0 Å². The molecular weight excluding hydrogens is 640 g/mol. The molecule has 5 aromatic carbocycles. The van der Waals surface area contributed by atoms with E-state index < -0.39 is 36.5 Å². The van der Waals surface area contributed by atoms with Gasteiger partial charge in [-0.1, -0.05) is 152 Å². The summed E-state index contributed by atoms with van der Waals surface area (Å²) < 4.78 is 18.7. The molecule has 0 saturated carbocycles. The average molecular weight is 683 g/mol. The third-order valence-corrected chi connectivity index (χ3v) is 9.05. The summed E-state index contributed by atoms with van der Waals surface area (Å²) in [4.78, 5) is 43.5. The lowest BCUT2D eigenvalue weighted by Gasteiger charge is -2.45. The molecule has 1 aliphatic rings. The van der Waals surface area contributed by atoms with Crippen LogP contribution in [0.4, 0.5) is 9.59 Å². The highest BCUT2D eigenvalue weighted by molar-refractivity contribution is 5.70. The van der Waals surface area contributed by atoms with Crippen molar-refractivity contribution in [2.75, 3.05) is 6.54 Å². The Morgan fingerprint density at radius 1 is 0.686 bits per heavy atom. The normalized spacial score (nSPS) is 17.6. The van der Waals surface area contributed by atoms with Crippen LogP contribution in [0.5, 0.6) is 0 Å². The zero-order valence-electron chi connectivity index (χ0n) is 28.4. The second-order valence-electron chi connectivity index (χ2n) is 12.6. The van der Waals surface area contributed by atoms with Gasteiger partial charge in [0.1, 0.15) is 25.6 Å². The van der Waals surface area contributed by atoms with Crippen LogP contribution in [0.3, 0.4) is 0 Å². The van der Waals surface area contributed by atoms with Crippen molar-refractivity contribution in [1.29, 1.82) is 0 Å². The summed E-state index contributed by atoms with van der Waals surface area (Å²) in [5.41, 5.74) is 4.43. The molecule has 8 nitrogen and oxygen atoms in total. The Hall–Kier alpha value is -5.73. The maximum Gasteiger partial charge on any atom is 0.410 e. The van der Waals surface area contributed by atoms with Gasteiger partial charge < -0.3 is 23.9 Å². The van der Waals surface area contributed by atoms with Crippen molar-refractivity contribution in [1.82, 2.24) is 9.80 Å². The van der Waals surface area contributed by atoms with E-state index in [4.69, 9.17) is 14.2 Å². The summed E-state index contributed by atoms with van der Waals surface area (Å²) in [6.45, 7) is 0.626. The van der Waals surface area contributed by atoms with E-state index in [9.17, 15) is 14.4 Å². The molecule has 0 spiro atoms. The smallest absolute Gasteiger partial charge is 0.410 e. The molecule has 0 N–H and O–H groups in total. The summed E-state index contributed by atoms with van der Waals surface area (Å²) >= 11 is 0. The molecule has 1 saturated heterocycles. The molecule has 6 rings (SSSR count). The van der Waals surface area contributed by atoms with Crippen LogP contribution in [-0.4, -0.2) is 47.0 Å². The van der Waals surface area contributed by atoms with E-state index in [0.29, 0.717) is 0 Å². The predicted molar refractivity (Wildman–Crippen MR) is 194 cm³/mol. The number of ether oxygens (including phenoxy) is 3. The Morgan fingerprint density at radius 3 is 1.73 bits per heavy atom. The molecule has 2 amide bonds. The molecule has 1 heterocycles. The van der Waals surface area contributed by atoms with Gasteiger partial charge in [0.25, 0.3) is 0 Å². The van der Waals surface area contributed by atoms with Crippen LogP contribution in [0.2, 0.25) is 0 Å². The fraction of sp³-hybridized carbons (Fsp3) is 0.233. The maximum atomic E-state index is 14.1. The van der Waals surface area contributed by atoms with Gasteiger partial charge in [-0.25, -0.2) is 9.59 Å². The van der Waals surface area contributed by atoms with Crippen molar-refractivity contribution in [3.8, 4) is 0 Å². The molecule has 1 fully saturated rings. The summed E-state index contributed by atoms with van der Waals surface area (Å²) in [5.74, 6) is 0. The number of nitrogens with zero attached hydrogens (tertiary/aromatic N) is 2. The summed E-state index contributed by atoms with van der Waals surface area (Å²) in [7, 11) is 0. The fourth-order valence-corrected chi connectivity index (χ4v) is 6.54. The third kappa shape index (κ3) is 9.50. The molecular formula is C43H42N2O6. The minimum Gasteiger partial charge on any atom is -0.445 e. The van der Waals surface area contributed by atoms with Crippen molar-refractivity contribution in [2.24, 2.45) is 0 Å². The number of carbonyl (C=O) groups excluding carboxylic acids is 3. The van der Waals surface area contributed by atoms with E-state index in [-0.39, 0.29) is 39.1 Å². The standard InChI is InChI=1S/C43H42N2O6/c46-27-26-38(44(29-33-16-6-1-7-17-33)42(47)49-31-34-18-8-2-9-19-34)28-39-30-45(43(48)50-32-35-20-10-3-11-21-35)40(36-22-12-4-13-23-36)41(51-39)37-24-14-5-15-25-37/h1-25,27,38-41H,26,28-32H2/t38-,39+,40+,41-/m0/s1. The van der Waals surface area contributed by atoms with Gasteiger partial charge >= 0.3 is 12.2 Å². The molecule has 0 aliphatic carbocycles. The highest BCUT2D eigenvalue weighted by atomic mass is 16.6. The number of carbonyl (C=O) groups is 3. The van der Waals surface area contributed by atoms with Crippen LogP contribution in [0, 0.1) is 0 Å². The minimum absolute atomic E-state index is 0.0592.